The number of sulfonamides is 1. The van der Waals surface area contributed by atoms with Crippen LogP contribution in [0.1, 0.15) is 5.69 Å². The summed E-state index contributed by atoms with van der Waals surface area (Å²) in [7, 11) is -3.63. The quantitative estimate of drug-likeness (QED) is 0.454. The number of nitrogens with one attached hydrogen (secondary N) is 1. The third-order valence-electron chi connectivity index (χ3n) is 4.06. The Hall–Kier alpha value is -2.14. The number of hydrogen-bond acceptors (Lipinski definition) is 5. The second-order valence-electron chi connectivity index (χ2n) is 5.91. The summed E-state index contributed by atoms with van der Waals surface area (Å²) >= 11 is 4.63. The summed E-state index contributed by atoms with van der Waals surface area (Å²) in [5.74, 6) is -0.0801. The van der Waals surface area contributed by atoms with Gasteiger partial charge in [0.2, 0.25) is 15.0 Å². The van der Waals surface area contributed by atoms with E-state index in [1.54, 1.807) is 40.9 Å². The summed E-state index contributed by atoms with van der Waals surface area (Å²) in [5.41, 5.74) is 1.13. The third kappa shape index (κ3) is 3.72. The first-order chi connectivity index (χ1) is 13.5. The first kappa shape index (κ1) is 19.2. The Morgan fingerprint density at radius 3 is 2.68 bits per heavy atom. The van der Waals surface area contributed by atoms with Gasteiger partial charge >= 0.3 is 0 Å². The number of thiazole rings is 1. The predicted octanol–water partition coefficient (Wildman–Crippen LogP) is 3.88. The summed E-state index contributed by atoms with van der Waals surface area (Å²) in [6, 6.07) is 13.0. The van der Waals surface area contributed by atoms with Crippen LogP contribution in [0.25, 0.3) is 16.3 Å². The van der Waals surface area contributed by atoms with E-state index in [0.717, 1.165) is 5.69 Å². The molecule has 0 spiro atoms. The van der Waals surface area contributed by atoms with Crippen LogP contribution in [0, 0.1) is 5.82 Å². The molecule has 0 aliphatic heterocycles. The summed E-state index contributed by atoms with van der Waals surface area (Å²) in [6.07, 6.45) is 0.420. The maximum Gasteiger partial charge on any atom is 0.241 e. The van der Waals surface area contributed by atoms with Crippen LogP contribution in [0.5, 0.6) is 0 Å². The molecule has 6 nitrogen and oxygen atoms in total. The first-order valence-corrected chi connectivity index (χ1v) is 11.4. The fraction of sp³-hybridized carbons (Fsp3) is 0.111. The molecule has 0 aliphatic rings. The minimum atomic E-state index is -3.63. The third-order valence-corrected chi connectivity index (χ3v) is 7.40. The molecule has 1 N–H and O–H groups in total. The Kier molecular flexibility index (Phi) is 5.28. The number of aromatic nitrogens is 3. The molecule has 0 fully saturated rings. The van der Waals surface area contributed by atoms with Gasteiger partial charge in [-0.3, -0.25) is 0 Å². The maximum absolute atomic E-state index is 14.0. The van der Waals surface area contributed by atoms with E-state index in [0.29, 0.717) is 27.2 Å². The van der Waals surface area contributed by atoms with Crippen LogP contribution < -0.4 is 4.72 Å². The Morgan fingerprint density at radius 1 is 1.14 bits per heavy atom. The maximum atomic E-state index is 14.0. The lowest BCUT2D eigenvalue weighted by molar-refractivity contribution is 0.580. The van der Waals surface area contributed by atoms with E-state index in [-0.39, 0.29) is 17.3 Å². The Labute approximate surface area is 173 Å². The van der Waals surface area contributed by atoms with E-state index in [4.69, 9.17) is 0 Å². The fourth-order valence-electron chi connectivity index (χ4n) is 2.71. The van der Waals surface area contributed by atoms with Crippen molar-refractivity contribution in [1.82, 2.24) is 19.3 Å². The highest BCUT2D eigenvalue weighted by Crippen LogP contribution is 2.24. The topological polar surface area (TPSA) is 76.4 Å². The van der Waals surface area contributed by atoms with E-state index in [2.05, 4.69) is 30.7 Å². The van der Waals surface area contributed by atoms with Gasteiger partial charge in [0.25, 0.3) is 0 Å². The van der Waals surface area contributed by atoms with Crippen molar-refractivity contribution >= 4 is 42.3 Å². The molecule has 2 heterocycles. The second kappa shape index (κ2) is 7.70. The number of benzene rings is 2. The highest BCUT2D eigenvalue weighted by atomic mass is 79.9. The highest BCUT2D eigenvalue weighted by molar-refractivity contribution is 9.10. The van der Waals surface area contributed by atoms with Gasteiger partial charge in [0.15, 0.2) is 5.82 Å². The molecule has 4 aromatic rings. The van der Waals surface area contributed by atoms with Gasteiger partial charge in [0.05, 0.1) is 16.2 Å². The monoisotopic (exact) mass is 480 g/mol. The van der Waals surface area contributed by atoms with Crippen molar-refractivity contribution < 1.29 is 12.8 Å². The molecule has 0 atom stereocenters. The highest BCUT2D eigenvalue weighted by Gasteiger charge is 2.18. The largest absolute Gasteiger partial charge is 0.241 e. The first-order valence-electron chi connectivity index (χ1n) is 8.28. The molecular weight excluding hydrogens is 467 g/mol. The molecule has 0 bridgehead atoms. The number of hydrogen-bond donors (Lipinski definition) is 1. The standard InChI is InChI=1S/C18H14BrFN4O2S2/c19-14-6-2-4-8-16(14)28(25,26)21-10-9-12-11-27-18-22-17(23-24(12)18)13-5-1-3-7-15(13)20/h1-8,11,21H,9-10H2. The molecule has 2 aromatic heterocycles. The summed E-state index contributed by atoms with van der Waals surface area (Å²) < 4.78 is 43.6. The molecule has 0 radical (unpaired) electrons. The summed E-state index contributed by atoms with van der Waals surface area (Å²) in [5, 5.41) is 6.25. The minimum absolute atomic E-state index is 0.188. The molecule has 28 heavy (non-hydrogen) atoms. The molecule has 0 aliphatic carbocycles. The normalized spacial score (nSPS) is 11.9. The van der Waals surface area contributed by atoms with Gasteiger partial charge in [0, 0.05) is 22.8 Å². The van der Waals surface area contributed by atoms with Crippen molar-refractivity contribution in [1.29, 1.82) is 0 Å². The van der Waals surface area contributed by atoms with Crippen LogP contribution in [0.4, 0.5) is 4.39 Å². The molecule has 0 unspecified atom stereocenters. The zero-order valence-electron chi connectivity index (χ0n) is 14.3. The van der Waals surface area contributed by atoms with Gasteiger partial charge < -0.3 is 0 Å². The van der Waals surface area contributed by atoms with Crippen LogP contribution in [0.3, 0.4) is 0 Å². The van der Waals surface area contributed by atoms with Gasteiger partial charge in [0.1, 0.15) is 5.82 Å². The molecule has 144 valence electrons. The van der Waals surface area contributed by atoms with Crippen LogP contribution in [-0.4, -0.2) is 29.6 Å². The van der Waals surface area contributed by atoms with E-state index in [1.807, 2.05) is 5.38 Å². The Morgan fingerprint density at radius 2 is 1.89 bits per heavy atom. The molecule has 2 aromatic carbocycles. The Balaban J connectivity index is 1.52. The smallest absolute Gasteiger partial charge is 0.211 e. The van der Waals surface area contributed by atoms with Crippen molar-refractivity contribution in [3.63, 3.8) is 0 Å². The number of nitrogens with zero attached hydrogens (tertiary/aromatic N) is 3. The minimum Gasteiger partial charge on any atom is -0.211 e. The molecule has 4 rings (SSSR count). The fourth-order valence-corrected chi connectivity index (χ4v) is 5.60. The zero-order valence-corrected chi connectivity index (χ0v) is 17.6. The van der Waals surface area contributed by atoms with Gasteiger partial charge in [-0.1, -0.05) is 24.3 Å². The lowest BCUT2D eigenvalue weighted by Crippen LogP contribution is -2.26. The van der Waals surface area contributed by atoms with Crippen LogP contribution >= 0.6 is 27.3 Å². The van der Waals surface area contributed by atoms with Crippen LogP contribution in [0.2, 0.25) is 0 Å². The van der Waals surface area contributed by atoms with Crippen molar-refractivity contribution in [2.45, 2.75) is 11.3 Å². The molecule has 0 saturated heterocycles. The van der Waals surface area contributed by atoms with Gasteiger partial charge in [-0.25, -0.2) is 22.0 Å². The van der Waals surface area contributed by atoms with Crippen molar-refractivity contribution in [3.8, 4) is 11.4 Å². The second-order valence-corrected chi connectivity index (χ2v) is 9.34. The number of fused-ring (bicyclic) bond motifs is 1. The van der Waals surface area contributed by atoms with Gasteiger partial charge in [-0.15, -0.1) is 16.4 Å². The Bertz CT molecular complexity index is 1250. The van der Waals surface area contributed by atoms with E-state index in [9.17, 15) is 12.8 Å². The lowest BCUT2D eigenvalue weighted by Gasteiger charge is -2.07. The van der Waals surface area contributed by atoms with E-state index >= 15 is 0 Å². The molecule has 0 amide bonds. The van der Waals surface area contributed by atoms with Crippen molar-refractivity contribution in [3.05, 3.63) is 69.9 Å². The number of rotatable bonds is 6. The zero-order chi connectivity index (χ0) is 19.7. The van der Waals surface area contributed by atoms with Gasteiger partial charge in [-0.2, -0.15) is 4.98 Å². The predicted molar refractivity (Wildman–Crippen MR) is 109 cm³/mol. The molecule has 0 saturated carbocycles. The van der Waals surface area contributed by atoms with Crippen LogP contribution in [0.15, 0.2) is 63.3 Å². The molecule has 10 heteroatoms. The SMILES string of the molecule is O=S(=O)(NCCc1csc2nc(-c3ccccc3F)nn12)c1ccccc1Br. The summed E-state index contributed by atoms with van der Waals surface area (Å²) in [4.78, 5) is 5.18. The lowest BCUT2D eigenvalue weighted by atomic mass is 10.2. The summed E-state index contributed by atoms with van der Waals surface area (Å²) in [6.45, 7) is 0.199. The molecular formula is C18H14BrFN4O2S2. The van der Waals surface area contributed by atoms with Crippen molar-refractivity contribution in [2.24, 2.45) is 0 Å². The van der Waals surface area contributed by atoms with Crippen LogP contribution in [-0.2, 0) is 16.4 Å². The van der Waals surface area contributed by atoms with Gasteiger partial charge in [-0.05, 0) is 40.2 Å². The van der Waals surface area contributed by atoms with E-state index < -0.39 is 10.0 Å². The number of halogens is 2. The van der Waals surface area contributed by atoms with E-state index in [1.165, 1.54) is 23.5 Å². The van der Waals surface area contributed by atoms with Crippen molar-refractivity contribution in [2.75, 3.05) is 6.54 Å². The average molecular weight is 481 g/mol. The average Bonchev–Trinajstić information content (AvgIpc) is 3.24.